The van der Waals surface area contributed by atoms with Gasteiger partial charge in [0.25, 0.3) is 0 Å². The van der Waals surface area contributed by atoms with Gasteiger partial charge in [0.15, 0.2) is 0 Å². The zero-order chi connectivity index (χ0) is 22.4. The third-order valence-electron chi connectivity index (χ3n) is 6.29. The molecule has 33 heavy (non-hydrogen) atoms. The van der Waals surface area contributed by atoms with Crippen molar-refractivity contribution in [2.24, 2.45) is 0 Å². The van der Waals surface area contributed by atoms with Gasteiger partial charge in [-0.3, -0.25) is 5.10 Å². The van der Waals surface area contributed by atoms with Crippen LogP contribution >= 0.6 is 0 Å². The maximum atomic E-state index is 9.69. The van der Waals surface area contributed by atoms with Crippen molar-refractivity contribution in [1.29, 1.82) is 0 Å². The highest BCUT2D eigenvalue weighted by atomic mass is 16.5. The third-order valence-corrected chi connectivity index (χ3v) is 6.29. The van der Waals surface area contributed by atoms with E-state index in [1.54, 1.807) is 18.3 Å². The lowest BCUT2D eigenvalue weighted by Gasteiger charge is -2.15. The zero-order valence-corrected chi connectivity index (χ0v) is 18.2. The Labute approximate surface area is 190 Å². The van der Waals surface area contributed by atoms with E-state index in [2.05, 4.69) is 26.6 Å². The molecule has 1 saturated carbocycles. The Bertz CT molecular complexity index is 1450. The largest absolute Gasteiger partial charge is 0.508 e. The molecule has 166 valence electrons. The number of aromatic amines is 2. The molecule has 0 aliphatic heterocycles. The first-order chi connectivity index (χ1) is 16.1. The van der Waals surface area contributed by atoms with Crippen molar-refractivity contribution in [3.63, 3.8) is 0 Å². The predicted octanol–water partition coefficient (Wildman–Crippen LogP) is 5.58. The van der Waals surface area contributed by atoms with Crippen LogP contribution in [-0.2, 0) is 0 Å². The highest BCUT2D eigenvalue weighted by molar-refractivity contribution is 5.98. The summed E-state index contributed by atoms with van der Waals surface area (Å²) < 4.78 is 6.42. The first kappa shape index (κ1) is 19.6. The Morgan fingerprint density at radius 2 is 1.91 bits per heavy atom. The van der Waals surface area contributed by atoms with Crippen LogP contribution in [0.4, 0.5) is 11.6 Å². The number of fused-ring (bicyclic) bond motifs is 2. The molecule has 8 nitrogen and oxygen atoms in total. The molecule has 0 spiro atoms. The molecule has 2 aromatic carbocycles. The summed E-state index contributed by atoms with van der Waals surface area (Å²) in [4.78, 5) is 12.8. The summed E-state index contributed by atoms with van der Waals surface area (Å²) in [6.07, 6.45) is 8.28. The fraction of sp³-hybridized carbons (Fsp3) is 0.240. The van der Waals surface area contributed by atoms with Crippen LogP contribution < -0.4 is 10.1 Å². The van der Waals surface area contributed by atoms with Crippen molar-refractivity contribution in [3.8, 4) is 22.8 Å². The molecule has 0 radical (unpaired) electrons. The number of aryl methyl sites for hydroxylation is 1. The maximum Gasteiger partial charge on any atom is 0.232 e. The number of phenols is 1. The molecule has 0 atom stereocenters. The average molecular weight is 441 g/mol. The first-order valence-electron chi connectivity index (χ1n) is 11.2. The molecule has 8 heteroatoms. The normalized spacial score (nSPS) is 14.3. The molecule has 3 heterocycles. The number of anilines is 2. The van der Waals surface area contributed by atoms with Crippen molar-refractivity contribution < 1.29 is 9.84 Å². The smallest absolute Gasteiger partial charge is 0.232 e. The van der Waals surface area contributed by atoms with E-state index >= 15 is 0 Å². The molecule has 1 fully saturated rings. The van der Waals surface area contributed by atoms with Gasteiger partial charge in [0, 0.05) is 22.8 Å². The van der Waals surface area contributed by atoms with Gasteiger partial charge in [0.05, 0.1) is 17.1 Å². The van der Waals surface area contributed by atoms with Crippen LogP contribution in [0.3, 0.4) is 0 Å². The van der Waals surface area contributed by atoms with E-state index in [-0.39, 0.29) is 11.9 Å². The van der Waals surface area contributed by atoms with Crippen LogP contribution in [0.2, 0.25) is 0 Å². The number of aromatic nitrogens is 5. The van der Waals surface area contributed by atoms with Crippen LogP contribution in [-0.4, -0.2) is 36.4 Å². The van der Waals surface area contributed by atoms with Crippen LogP contribution in [0, 0.1) is 6.92 Å². The van der Waals surface area contributed by atoms with Gasteiger partial charge in [0.2, 0.25) is 11.8 Å². The second-order valence-electron chi connectivity index (χ2n) is 8.60. The van der Waals surface area contributed by atoms with Gasteiger partial charge in [-0.25, -0.2) is 0 Å². The number of H-pyrrole nitrogens is 2. The number of hydrogen-bond donors (Lipinski definition) is 4. The summed E-state index contributed by atoms with van der Waals surface area (Å²) in [5.41, 5.74) is 5.57. The van der Waals surface area contributed by atoms with Crippen LogP contribution in [0.15, 0.2) is 48.8 Å². The van der Waals surface area contributed by atoms with Gasteiger partial charge in [-0.05, 0) is 68.0 Å². The second kappa shape index (κ2) is 7.81. The summed E-state index contributed by atoms with van der Waals surface area (Å²) in [7, 11) is 0. The lowest BCUT2D eigenvalue weighted by atomic mass is 10.1. The molecule has 5 aromatic rings. The SMILES string of the molecule is Cc1cc2[nH]ncc2cc1Nc1nc(OC2CCCC2)c2c(-c3ccc(O)cc3)c[nH]c2n1. The Kier molecular flexibility index (Phi) is 4.64. The van der Waals surface area contributed by atoms with E-state index in [4.69, 9.17) is 14.7 Å². The summed E-state index contributed by atoms with van der Waals surface area (Å²) in [6, 6.07) is 11.2. The Hall–Kier alpha value is -4.07. The molecule has 0 amide bonds. The monoisotopic (exact) mass is 440 g/mol. The van der Waals surface area contributed by atoms with E-state index in [0.29, 0.717) is 17.5 Å². The third kappa shape index (κ3) is 3.63. The zero-order valence-electron chi connectivity index (χ0n) is 18.2. The Morgan fingerprint density at radius 3 is 2.73 bits per heavy atom. The van der Waals surface area contributed by atoms with Crippen LogP contribution in [0.5, 0.6) is 11.6 Å². The Morgan fingerprint density at radius 1 is 1.09 bits per heavy atom. The number of benzene rings is 2. The molecule has 1 aliphatic rings. The van der Waals surface area contributed by atoms with Crippen LogP contribution in [0.1, 0.15) is 31.2 Å². The molecule has 0 saturated heterocycles. The summed E-state index contributed by atoms with van der Waals surface area (Å²) in [6.45, 7) is 2.04. The van der Waals surface area contributed by atoms with Gasteiger partial charge < -0.3 is 20.1 Å². The van der Waals surface area contributed by atoms with Gasteiger partial charge in [-0.2, -0.15) is 15.1 Å². The van der Waals surface area contributed by atoms with Crippen molar-refractivity contribution >= 4 is 33.6 Å². The molecule has 1 aliphatic carbocycles. The minimum absolute atomic E-state index is 0.155. The second-order valence-corrected chi connectivity index (χ2v) is 8.60. The van der Waals surface area contributed by atoms with E-state index in [0.717, 1.165) is 51.5 Å². The number of rotatable bonds is 5. The number of ether oxygens (including phenoxy) is 1. The maximum absolute atomic E-state index is 9.69. The fourth-order valence-electron chi connectivity index (χ4n) is 4.53. The van der Waals surface area contributed by atoms with Crippen molar-refractivity contribution in [3.05, 3.63) is 54.4 Å². The number of phenolic OH excluding ortho intramolecular Hbond substituents is 1. The highest BCUT2D eigenvalue weighted by Gasteiger charge is 2.22. The topological polar surface area (TPSA) is 112 Å². The number of hydrogen-bond acceptors (Lipinski definition) is 6. The lowest BCUT2D eigenvalue weighted by Crippen LogP contribution is -2.13. The van der Waals surface area contributed by atoms with Crippen molar-refractivity contribution in [1.82, 2.24) is 25.1 Å². The van der Waals surface area contributed by atoms with Gasteiger partial charge in [0.1, 0.15) is 17.5 Å². The average Bonchev–Trinajstić information content (AvgIpc) is 3.56. The molecular weight excluding hydrogens is 416 g/mol. The van der Waals surface area contributed by atoms with E-state index in [9.17, 15) is 5.11 Å². The van der Waals surface area contributed by atoms with Crippen molar-refractivity contribution in [2.45, 2.75) is 38.7 Å². The molecular formula is C25H24N6O2. The van der Waals surface area contributed by atoms with E-state index in [1.807, 2.05) is 31.3 Å². The minimum atomic E-state index is 0.155. The number of nitrogens with one attached hydrogen (secondary N) is 3. The number of nitrogens with zero attached hydrogens (tertiary/aromatic N) is 3. The minimum Gasteiger partial charge on any atom is -0.508 e. The fourth-order valence-corrected chi connectivity index (χ4v) is 4.53. The van der Waals surface area contributed by atoms with Gasteiger partial charge in [-0.15, -0.1) is 0 Å². The molecule has 3 aromatic heterocycles. The number of aromatic hydroxyl groups is 1. The molecule has 6 rings (SSSR count). The van der Waals surface area contributed by atoms with E-state index in [1.165, 1.54) is 12.8 Å². The van der Waals surface area contributed by atoms with Gasteiger partial charge in [-0.1, -0.05) is 12.1 Å². The lowest BCUT2D eigenvalue weighted by molar-refractivity contribution is 0.204. The Balaban J connectivity index is 1.44. The predicted molar refractivity (Wildman–Crippen MR) is 128 cm³/mol. The van der Waals surface area contributed by atoms with Gasteiger partial charge >= 0.3 is 0 Å². The quantitative estimate of drug-likeness (QED) is 0.284. The first-order valence-corrected chi connectivity index (χ1v) is 11.2. The summed E-state index contributed by atoms with van der Waals surface area (Å²) in [5, 5.41) is 22.0. The summed E-state index contributed by atoms with van der Waals surface area (Å²) in [5.74, 6) is 1.27. The van der Waals surface area contributed by atoms with Crippen molar-refractivity contribution in [2.75, 3.05) is 5.32 Å². The highest BCUT2D eigenvalue weighted by Crippen LogP contribution is 2.37. The molecule has 4 N–H and O–H groups in total. The van der Waals surface area contributed by atoms with Crippen LogP contribution in [0.25, 0.3) is 33.1 Å². The summed E-state index contributed by atoms with van der Waals surface area (Å²) >= 11 is 0. The standard InChI is InChI=1S/C25H24N6O2/c1-14-10-21-16(12-27-31-21)11-20(14)28-25-29-23-22(24(30-25)33-18-4-2-3-5-18)19(13-26-23)15-6-8-17(32)9-7-15/h6-13,18,32H,2-5H2,1H3,(H,27,31)(H2,26,28,29,30). The van der Waals surface area contributed by atoms with E-state index < -0.39 is 0 Å². The molecule has 0 unspecified atom stereocenters. The molecule has 0 bridgehead atoms.